The number of hydrogen-bond acceptors (Lipinski definition) is 6. The number of nitrogens with zero attached hydrogens (tertiary/aromatic N) is 2. The van der Waals surface area contributed by atoms with Gasteiger partial charge in [0.05, 0.1) is 19.8 Å². The fourth-order valence-corrected chi connectivity index (χ4v) is 3.72. The van der Waals surface area contributed by atoms with E-state index in [4.69, 9.17) is 9.15 Å². The van der Waals surface area contributed by atoms with Crippen LogP contribution >= 0.6 is 24.8 Å². The molecule has 8 heteroatoms. The number of aliphatic hydroxyl groups is 1. The molecule has 2 aromatic carbocycles. The Morgan fingerprint density at radius 3 is 2.50 bits per heavy atom. The van der Waals surface area contributed by atoms with E-state index >= 15 is 0 Å². The topological polar surface area (TPSA) is 70.8 Å². The summed E-state index contributed by atoms with van der Waals surface area (Å²) < 4.78 is 10.9. The van der Waals surface area contributed by atoms with Crippen LogP contribution in [0.1, 0.15) is 30.4 Å². The van der Waals surface area contributed by atoms with E-state index in [1.807, 2.05) is 48.5 Å². The molecule has 0 saturated carbocycles. The van der Waals surface area contributed by atoms with E-state index in [0.717, 1.165) is 54.2 Å². The van der Waals surface area contributed by atoms with Gasteiger partial charge in [0.15, 0.2) is 5.58 Å². The zero-order valence-electron chi connectivity index (χ0n) is 17.0. The number of rotatable bonds is 7. The minimum Gasteiger partial charge on any atom is -0.497 e. The molecule has 1 saturated heterocycles. The maximum absolute atomic E-state index is 10.5. The van der Waals surface area contributed by atoms with Crippen molar-refractivity contribution in [2.45, 2.75) is 31.5 Å². The molecule has 2 heterocycles. The number of halogens is 2. The third-order valence-electron chi connectivity index (χ3n) is 5.40. The van der Waals surface area contributed by atoms with E-state index in [-0.39, 0.29) is 24.8 Å². The molecule has 1 aromatic heterocycles. The Kier molecular flexibility index (Phi) is 9.39. The highest BCUT2D eigenvalue weighted by Crippen LogP contribution is 2.21. The number of likely N-dealkylation sites (tertiary alicyclic amines) is 1. The summed E-state index contributed by atoms with van der Waals surface area (Å²) in [5.74, 6) is 1.54. The molecular weight excluding hydrogens is 425 g/mol. The number of aromatic nitrogens is 1. The monoisotopic (exact) mass is 453 g/mol. The van der Waals surface area contributed by atoms with Gasteiger partial charge in [0.1, 0.15) is 11.3 Å². The quantitative estimate of drug-likeness (QED) is 0.563. The summed E-state index contributed by atoms with van der Waals surface area (Å²) in [6.07, 6.45) is 1.63. The molecule has 2 N–H and O–H groups in total. The first-order valence-electron chi connectivity index (χ1n) is 9.83. The first kappa shape index (κ1) is 24.4. The van der Waals surface area contributed by atoms with Crippen LogP contribution in [0.2, 0.25) is 0 Å². The van der Waals surface area contributed by atoms with Gasteiger partial charge in [-0.05, 0) is 55.8 Å². The number of ether oxygens (including phenoxy) is 1. The molecule has 1 fully saturated rings. The minimum atomic E-state index is -0.477. The smallest absolute Gasteiger partial charge is 0.209 e. The zero-order valence-corrected chi connectivity index (χ0v) is 18.6. The molecule has 0 amide bonds. The highest BCUT2D eigenvalue weighted by molar-refractivity contribution is 5.85. The number of oxazole rings is 1. The van der Waals surface area contributed by atoms with E-state index in [1.165, 1.54) is 0 Å². The van der Waals surface area contributed by atoms with Crippen molar-refractivity contribution in [3.63, 3.8) is 0 Å². The summed E-state index contributed by atoms with van der Waals surface area (Å²) in [5.41, 5.74) is 2.67. The second-order valence-corrected chi connectivity index (χ2v) is 7.32. The van der Waals surface area contributed by atoms with Crippen LogP contribution in [-0.2, 0) is 6.54 Å². The van der Waals surface area contributed by atoms with Crippen LogP contribution in [0.4, 0.5) is 0 Å². The summed E-state index contributed by atoms with van der Waals surface area (Å²) in [6.45, 7) is 3.24. The fraction of sp³-hybridized carbons (Fsp3) is 0.409. The first-order valence-corrected chi connectivity index (χ1v) is 9.83. The number of para-hydroxylation sites is 2. The SMILES string of the molecule is COc1ccc(C(O)CN2CCC(NCc3nc4ccccc4o3)CC2)cc1.Cl.Cl. The van der Waals surface area contributed by atoms with Crippen LogP contribution in [-0.4, -0.2) is 47.8 Å². The number of benzene rings is 2. The number of fused-ring (bicyclic) bond motifs is 1. The summed E-state index contributed by atoms with van der Waals surface area (Å²) in [4.78, 5) is 6.84. The first-order chi connectivity index (χ1) is 13.7. The number of nitrogens with one attached hydrogen (secondary N) is 1. The van der Waals surface area contributed by atoms with Crippen LogP contribution in [0.25, 0.3) is 11.1 Å². The molecule has 0 bridgehead atoms. The molecule has 1 aliphatic heterocycles. The van der Waals surface area contributed by atoms with Gasteiger partial charge >= 0.3 is 0 Å². The third-order valence-corrected chi connectivity index (χ3v) is 5.40. The molecule has 0 radical (unpaired) electrons. The standard InChI is InChI=1S/C22H27N3O3.2ClH/c1-27-18-8-6-16(7-9-18)20(26)15-25-12-10-17(11-13-25)23-14-22-24-19-4-2-3-5-21(19)28-22;;/h2-9,17,20,23,26H,10-15H2,1H3;2*1H. The van der Waals surface area contributed by atoms with E-state index in [1.54, 1.807) is 7.11 Å². The van der Waals surface area contributed by atoms with Crippen LogP contribution < -0.4 is 10.1 Å². The Morgan fingerprint density at radius 2 is 1.83 bits per heavy atom. The Bertz CT molecular complexity index is 863. The Hall–Kier alpha value is -1.83. The molecule has 6 nitrogen and oxygen atoms in total. The van der Waals surface area contributed by atoms with Gasteiger partial charge in [-0.2, -0.15) is 0 Å². The third kappa shape index (κ3) is 6.09. The zero-order chi connectivity index (χ0) is 19.3. The molecule has 1 aliphatic rings. The Balaban J connectivity index is 0.00000160. The lowest BCUT2D eigenvalue weighted by Crippen LogP contribution is -2.43. The van der Waals surface area contributed by atoms with Gasteiger partial charge in [0.25, 0.3) is 0 Å². The second kappa shape index (κ2) is 11.5. The van der Waals surface area contributed by atoms with Crippen molar-refractivity contribution in [1.29, 1.82) is 0 Å². The molecule has 4 rings (SSSR count). The number of β-amino-alcohol motifs (C(OH)–C–C–N with tert-alkyl or cyclic N) is 1. The lowest BCUT2D eigenvalue weighted by Gasteiger charge is -2.33. The van der Waals surface area contributed by atoms with E-state index in [0.29, 0.717) is 19.1 Å². The average Bonchev–Trinajstić information content (AvgIpc) is 3.16. The van der Waals surface area contributed by atoms with Gasteiger partial charge in [-0.1, -0.05) is 24.3 Å². The summed E-state index contributed by atoms with van der Waals surface area (Å²) >= 11 is 0. The number of aliphatic hydroxyl groups excluding tert-OH is 1. The normalized spacial score (nSPS) is 15.9. The van der Waals surface area contributed by atoms with Gasteiger partial charge in [-0.25, -0.2) is 4.98 Å². The number of piperidine rings is 1. The average molecular weight is 454 g/mol. The maximum Gasteiger partial charge on any atom is 0.209 e. The van der Waals surface area contributed by atoms with Crippen LogP contribution in [0.15, 0.2) is 52.9 Å². The van der Waals surface area contributed by atoms with Crippen LogP contribution in [0.5, 0.6) is 5.75 Å². The van der Waals surface area contributed by atoms with Gasteiger partial charge in [0.2, 0.25) is 5.89 Å². The van der Waals surface area contributed by atoms with Crippen molar-refractivity contribution in [3.05, 3.63) is 60.0 Å². The van der Waals surface area contributed by atoms with Gasteiger partial charge < -0.3 is 24.5 Å². The lowest BCUT2D eigenvalue weighted by atomic mass is 10.0. The largest absolute Gasteiger partial charge is 0.497 e. The summed E-state index contributed by atoms with van der Waals surface area (Å²) in [5, 5.41) is 14.1. The van der Waals surface area contributed by atoms with Crippen molar-refractivity contribution in [1.82, 2.24) is 15.2 Å². The van der Waals surface area contributed by atoms with Crippen molar-refractivity contribution >= 4 is 35.9 Å². The predicted octanol–water partition coefficient (Wildman–Crippen LogP) is 3.97. The molecule has 0 aliphatic carbocycles. The van der Waals surface area contributed by atoms with Crippen molar-refractivity contribution in [2.24, 2.45) is 0 Å². The van der Waals surface area contributed by atoms with E-state index in [2.05, 4.69) is 15.2 Å². The second-order valence-electron chi connectivity index (χ2n) is 7.32. The van der Waals surface area contributed by atoms with Crippen LogP contribution in [0.3, 0.4) is 0 Å². The Morgan fingerprint density at radius 1 is 1.13 bits per heavy atom. The number of hydrogen-bond donors (Lipinski definition) is 2. The number of methoxy groups -OCH3 is 1. The van der Waals surface area contributed by atoms with Gasteiger partial charge in [-0.15, -0.1) is 24.8 Å². The lowest BCUT2D eigenvalue weighted by molar-refractivity contribution is 0.0937. The highest BCUT2D eigenvalue weighted by Gasteiger charge is 2.21. The van der Waals surface area contributed by atoms with Crippen molar-refractivity contribution in [2.75, 3.05) is 26.7 Å². The minimum absolute atomic E-state index is 0. The van der Waals surface area contributed by atoms with E-state index in [9.17, 15) is 5.11 Å². The molecule has 164 valence electrons. The molecule has 30 heavy (non-hydrogen) atoms. The maximum atomic E-state index is 10.5. The molecular formula is C22H29Cl2N3O3. The van der Waals surface area contributed by atoms with Crippen molar-refractivity contribution in [3.8, 4) is 5.75 Å². The van der Waals surface area contributed by atoms with Gasteiger partial charge in [0, 0.05) is 12.6 Å². The molecule has 1 atom stereocenters. The molecule has 0 spiro atoms. The summed E-state index contributed by atoms with van der Waals surface area (Å²) in [7, 11) is 1.65. The van der Waals surface area contributed by atoms with Crippen LogP contribution in [0, 0.1) is 0 Å². The van der Waals surface area contributed by atoms with Crippen molar-refractivity contribution < 1.29 is 14.3 Å². The summed E-state index contributed by atoms with van der Waals surface area (Å²) in [6, 6.07) is 15.9. The molecule has 3 aromatic rings. The van der Waals surface area contributed by atoms with E-state index < -0.39 is 6.10 Å². The predicted molar refractivity (Wildman–Crippen MR) is 123 cm³/mol. The molecule has 1 unspecified atom stereocenters. The fourth-order valence-electron chi connectivity index (χ4n) is 3.72. The Labute approximate surface area is 189 Å². The van der Waals surface area contributed by atoms with Gasteiger partial charge in [-0.3, -0.25) is 0 Å². The highest BCUT2D eigenvalue weighted by atomic mass is 35.5.